The number of amides is 1. The molecule has 7 nitrogen and oxygen atoms in total. The monoisotopic (exact) mass is 518 g/mol. The Morgan fingerprint density at radius 3 is 2.33 bits per heavy atom. The molecule has 0 saturated heterocycles. The van der Waals surface area contributed by atoms with Gasteiger partial charge in [0.05, 0.1) is 29.2 Å². The van der Waals surface area contributed by atoms with Crippen molar-refractivity contribution in [1.82, 2.24) is 20.3 Å². The molecule has 0 aliphatic rings. The fraction of sp³-hybridized carbons (Fsp3) is 0.273. The summed E-state index contributed by atoms with van der Waals surface area (Å²) in [5.41, 5.74) is -1.31. The minimum absolute atomic E-state index is 0.0807. The predicted molar refractivity (Wildman–Crippen MR) is 111 cm³/mol. The fourth-order valence-electron chi connectivity index (χ4n) is 3.04. The van der Waals surface area contributed by atoms with Crippen LogP contribution in [0.4, 0.5) is 30.7 Å². The first-order valence-corrected chi connectivity index (χ1v) is 10.1. The first-order valence-electron chi connectivity index (χ1n) is 10.1. The second-order valence-electron chi connectivity index (χ2n) is 7.19. The number of carbonyl (C=O) groups excluding carboxylic acids is 1. The van der Waals surface area contributed by atoms with Crippen LogP contribution < -0.4 is 14.8 Å². The van der Waals surface area contributed by atoms with Crippen molar-refractivity contribution < 1.29 is 45.0 Å². The van der Waals surface area contributed by atoms with Gasteiger partial charge in [0.1, 0.15) is 23.8 Å². The minimum Gasteiger partial charge on any atom is -0.486 e. The quantitative estimate of drug-likeness (QED) is 0.388. The topological polar surface area (TPSA) is 86.2 Å². The molecule has 2 aromatic heterocycles. The molecule has 1 unspecified atom stereocenters. The number of halogens is 7. The van der Waals surface area contributed by atoms with E-state index in [9.17, 15) is 35.5 Å². The highest BCUT2D eigenvalue weighted by Crippen LogP contribution is 2.33. The average Bonchev–Trinajstić information content (AvgIpc) is 2.82. The number of nitrogens with zero attached hydrogens (tertiary/aromatic N) is 3. The molecule has 0 aliphatic heterocycles. The molecule has 1 amide bonds. The van der Waals surface area contributed by atoms with Gasteiger partial charge >= 0.3 is 12.8 Å². The summed E-state index contributed by atoms with van der Waals surface area (Å²) in [6.45, 7) is -2.75. The van der Waals surface area contributed by atoms with E-state index in [2.05, 4.69) is 25.0 Å². The summed E-state index contributed by atoms with van der Waals surface area (Å²) in [6.07, 6.45) is -3.77. The number of carbonyl (C=O) groups is 1. The van der Waals surface area contributed by atoms with Crippen molar-refractivity contribution in [2.75, 3.05) is 6.61 Å². The van der Waals surface area contributed by atoms with E-state index in [0.29, 0.717) is 12.1 Å². The van der Waals surface area contributed by atoms with Crippen LogP contribution in [0.1, 0.15) is 34.6 Å². The second-order valence-corrected chi connectivity index (χ2v) is 7.19. The molecule has 1 atom stereocenters. The van der Waals surface area contributed by atoms with Crippen LogP contribution in [0.25, 0.3) is 11.4 Å². The Labute approximate surface area is 199 Å². The Kier molecular flexibility index (Phi) is 8.27. The van der Waals surface area contributed by atoms with E-state index in [-0.39, 0.29) is 22.8 Å². The fourth-order valence-corrected chi connectivity index (χ4v) is 3.04. The third-order valence-electron chi connectivity index (χ3n) is 4.56. The molecule has 0 fully saturated rings. The summed E-state index contributed by atoms with van der Waals surface area (Å²) < 4.78 is 98.2. The maximum absolute atomic E-state index is 13.2. The molecular weight excluding hydrogens is 501 g/mol. The van der Waals surface area contributed by atoms with E-state index in [1.165, 1.54) is 37.6 Å². The standard InChI is InChI=1S/C22H17F7N4O3/c1-11(33-20(34)12-6-13(22(27,28)29)8-15(7-12)36-21(25)26)18-19(31-5-4-30-18)16-3-2-14(9-32-16)35-10-17(23)24/h2-9,11,17,21H,10H2,1H3,(H,33,34). The van der Waals surface area contributed by atoms with Crippen molar-refractivity contribution in [2.24, 2.45) is 0 Å². The molecule has 36 heavy (non-hydrogen) atoms. The molecule has 0 radical (unpaired) electrons. The SMILES string of the molecule is CC(NC(=O)c1cc(OC(F)F)cc(C(F)(F)F)c1)c1nccnc1-c1ccc(OCC(F)F)cn1. The second kappa shape index (κ2) is 11.2. The predicted octanol–water partition coefficient (Wildman–Crippen LogP) is 5.29. The largest absolute Gasteiger partial charge is 0.486 e. The Hall–Kier alpha value is -3.97. The Morgan fingerprint density at radius 1 is 1.00 bits per heavy atom. The maximum Gasteiger partial charge on any atom is 0.416 e. The van der Waals surface area contributed by atoms with Crippen LogP contribution >= 0.6 is 0 Å². The molecule has 14 heteroatoms. The molecule has 0 bridgehead atoms. The van der Waals surface area contributed by atoms with Crippen molar-refractivity contribution >= 4 is 5.91 Å². The lowest BCUT2D eigenvalue weighted by Gasteiger charge is -2.17. The minimum atomic E-state index is -4.92. The summed E-state index contributed by atoms with van der Waals surface area (Å²) in [5.74, 6) is -1.78. The number of ether oxygens (including phenoxy) is 2. The van der Waals surface area contributed by atoms with Gasteiger partial charge in [0.25, 0.3) is 12.3 Å². The van der Waals surface area contributed by atoms with E-state index >= 15 is 0 Å². The van der Waals surface area contributed by atoms with E-state index in [4.69, 9.17) is 4.74 Å². The van der Waals surface area contributed by atoms with E-state index in [1.807, 2.05) is 0 Å². The summed E-state index contributed by atoms with van der Waals surface area (Å²) in [6, 6.07) is 3.47. The molecule has 1 N–H and O–H groups in total. The third kappa shape index (κ3) is 7.02. The lowest BCUT2D eigenvalue weighted by atomic mass is 10.1. The Morgan fingerprint density at radius 2 is 1.72 bits per heavy atom. The first kappa shape index (κ1) is 26.6. The number of nitrogens with one attached hydrogen (secondary N) is 1. The van der Waals surface area contributed by atoms with Gasteiger partial charge in [-0.15, -0.1) is 0 Å². The summed E-state index contributed by atoms with van der Waals surface area (Å²) in [7, 11) is 0. The molecule has 192 valence electrons. The average molecular weight is 518 g/mol. The molecule has 0 saturated carbocycles. The number of alkyl halides is 7. The zero-order chi connectivity index (χ0) is 26.5. The molecule has 3 aromatic rings. The van der Waals surface area contributed by atoms with Gasteiger partial charge < -0.3 is 14.8 Å². The van der Waals surface area contributed by atoms with Gasteiger partial charge in [-0.1, -0.05) is 0 Å². The van der Waals surface area contributed by atoms with Gasteiger partial charge in [-0.05, 0) is 37.3 Å². The molecule has 2 heterocycles. The normalized spacial score (nSPS) is 12.5. The van der Waals surface area contributed by atoms with Crippen LogP contribution in [0.2, 0.25) is 0 Å². The van der Waals surface area contributed by atoms with Gasteiger partial charge in [0, 0.05) is 18.0 Å². The van der Waals surface area contributed by atoms with Crippen LogP contribution in [-0.4, -0.2) is 40.5 Å². The number of rotatable bonds is 9. The van der Waals surface area contributed by atoms with Crippen molar-refractivity contribution in [3.05, 3.63) is 65.7 Å². The number of benzene rings is 1. The lowest BCUT2D eigenvalue weighted by Crippen LogP contribution is -2.28. The molecule has 0 aliphatic carbocycles. The molecule has 1 aromatic carbocycles. The lowest BCUT2D eigenvalue weighted by molar-refractivity contribution is -0.138. The van der Waals surface area contributed by atoms with Crippen molar-refractivity contribution in [2.45, 2.75) is 32.2 Å². The van der Waals surface area contributed by atoms with Crippen LogP contribution in [-0.2, 0) is 6.18 Å². The summed E-state index contributed by atoms with van der Waals surface area (Å²) >= 11 is 0. The van der Waals surface area contributed by atoms with Gasteiger partial charge in [-0.3, -0.25) is 19.7 Å². The summed E-state index contributed by atoms with van der Waals surface area (Å²) in [4.78, 5) is 25.1. The van der Waals surface area contributed by atoms with Crippen LogP contribution in [0.15, 0.2) is 48.9 Å². The smallest absolute Gasteiger partial charge is 0.416 e. The molecule has 0 spiro atoms. The van der Waals surface area contributed by atoms with Gasteiger partial charge in [0.15, 0.2) is 0 Å². The number of hydrogen-bond donors (Lipinski definition) is 1. The number of hydrogen-bond acceptors (Lipinski definition) is 6. The van der Waals surface area contributed by atoms with Crippen LogP contribution in [0.5, 0.6) is 11.5 Å². The van der Waals surface area contributed by atoms with E-state index in [0.717, 1.165) is 6.07 Å². The van der Waals surface area contributed by atoms with Crippen molar-refractivity contribution in [3.8, 4) is 22.9 Å². The van der Waals surface area contributed by atoms with Crippen LogP contribution in [0.3, 0.4) is 0 Å². The highest BCUT2D eigenvalue weighted by atomic mass is 19.4. The molecule has 3 rings (SSSR count). The zero-order valence-corrected chi connectivity index (χ0v) is 18.3. The first-order chi connectivity index (χ1) is 16.9. The van der Waals surface area contributed by atoms with Gasteiger partial charge in [-0.2, -0.15) is 22.0 Å². The number of pyridine rings is 1. The third-order valence-corrected chi connectivity index (χ3v) is 4.56. The van der Waals surface area contributed by atoms with Gasteiger partial charge in [-0.25, -0.2) is 8.78 Å². The van der Waals surface area contributed by atoms with Crippen LogP contribution in [0, 0.1) is 0 Å². The Bertz CT molecular complexity index is 1190. The summed E-state index contributed by atoms with van der Waals surface area (Å²) in [5, 5.41) is 2.44. The van der Waals surface area contributed by atoms with Crippen molar-refractivity contribution in [1.29, 1.82) is 0 Å². The number of aromatic nitrogens is 3. The highest BCUT2D eigenvalue weighted by Gasteiger charge is 2.32. The van der Waals surface area contributed by atoms with E-state index < -0.39 is 54.6 Å². The van der Waals surface area contributed by atoms with Gasteiger partial charge in [0.2, 0.25) is 0 Å². The Balaban J connectivity index is 1.84. The maximum atomic E-state index is 13.2. The molecular formula is C22H17F7N4O3. The highest BCUT2D eigenvalue weighted by molar-refractivity contribution is 5.95. The zero-order valence-electron chi connectivity index (χ0n) is 18.3. The van der Waals surface area contributed by atoms with E-state index in [1.54, 1.807) is 0 Å². The van der Waals surface area contributed by atoms with Crippen molar-refractivity contribution in [3.63, 3.8) is 0 Å².